The summed E-state index contributed by atoms with van der Waals surface area (Å²) >= 11 is 0. The van der Waals surface area contributed by atoms with Gasteiger partial charge in [0.2, 0.25) is 5.82 Å². The predicted molar refractivity (Wildman–Crippen MR) is 101 cm³/mol. The molecule has 0 spiro atoms. The van der Waals surface area contributed by atoms with Crippen molar-refractivity contribution in [3.63, 3.8) is 0 Å². The van der Waals surface area contributed by atoms with Crippen molar-refractivity contribution in [2.75, 3.05) is 7.11 Å². The fourth-order valence-electron chi connectivity index (χ4n) is 3.39. The summed E-state index contributed by atoms with van der Waals surface area (Å²) in [5.41, 5.74) is 3.05. The van der Waals surface area contributed by atoms with Crippen molar-refractivity contribution < 1.29 is 18.4 Å². The molecule has 5 rings (SSSR count). The van der Waals surface area contributed by atoms with Gasteiger partial charge < -0.3 is 18.6 Å². The van der Waals surface area contributed by atoms with Crippen molar-refractivity contribution >= 4 is 0 Å². The zero-order valence-corrected chi connectivity index (χ0v) is 15.6. The number of hydrogen-bond donors (Lipinski definition) is 0. The Morgan fingerprint density at radius 1 is 1.17 bits per heavy atom. The molecule has 146 valence electrons. The molecule has 0 saturated carbocycles. The van der Waals surface area contributed by atoms with Crippen LogP contribution < -0.4 is 4.74 Å². The van der Waals surface area contributed by atoms with E-state index in [1.807, 2.05) is 28.8 Å². The first-order valence-electron chi connectivity index (χ1n) is 9.11. The first-order chi connectivity index (χ1) is 14.2. The molecule has 2 aromatic carbocycles. The molecule has 0 fully saturated rings. The molecule has 0 unspecified atom stereocenters. The minimum atomic E-state index is -0.355. The second-order valence-corrected chi connectivity index (χ2v) is 6.70. The molecule has 2 aromatic heterocycles. The SMILES string of the molecule is COc1ccc([C@H]2Cn3cnc(-c4nc(-c5cccc(F)c5)no4)c3CO2)cc1. The summed E-state index contributed by atoms with van der Waals surface area (Å²) in [6.07, 6.45) is 1.66. The van der Waals surface area contributed by atoms with Crippen LogP contribution in [0.4, 0.5) is 4.39 Å². The third kappa shape index (κ3) is 3.27. The molecule has 1 aliphatic heterocycles. The number of ether oxygens (including phenoxy) is 2. The summed E-state index contributed by atoms with van der Waals surface area (Å²) in [7, 11) is 1.64. The third-order valence-electron chi connectivity index (χ3n) is 4.93. The van der Waals surface area contributed by atoms with Crippen LogP contribution in [0.25, 0.3) is 23.0 Å². The van der Waals surface area contributed by atoms with Crippen molar-refractivity contribution in [2.24, 2.45) is 0 Å². The molecule has 0 bridgehead atoms. The van der Waals surface area contributed by atoms with Gasteiger partial charge in [-0.3, -0.25) is 0 Å². The molecule has 29 heavy (non-hydrogen) atoms. The van der Waals surface area contributed by atoms with Crippen LogP contribution in [-0.4, -0.2) is 26.8 Å². The van der Waals surface area contributed by atoms with Gasteiger partial charge in [0.05, 0.1) is 32.3 Å². The van der Waals surface area contributed by atoms with E-state index >= 15 is 0 Å². The lowest BCUT2D eigenvalue weighted by Gasteiger charge is -2.25. The first kappa shape index (κ1) is 17.6. The highest BCUT2D eigenvalue weighted by Crippen LogP contribution is 2.32. The second kappa shape index (κ2) is 7.14. The van der Waals surface area contributed by atoms with E-state index < -0.39 is 0 Å². The highest BCUT2D eigenvalue weighted by Gasteiger charge is 2.26. The van der Waals surface area contributed by atoms with E-state index in [4.69, 9.17) is 14.0 Å². The van der Waals surface area contributed by atoms with Crippen molar-refractivity contribution in [3.8, 4) is 28.7 Å². The largest absolute Gasteiger partial charge is 0.497 e. The van der Waals surface area contributed by atoms with E-state index in [2.05, 4.69) is 15.1 Å². The number of imidazole rings is 1. The predicted octanol–water partition coefficient (Wildman–Crippen LogP) is 4.02. The molecule has 0 N–H and O–H groups in total. The van der Waals surface area contributed by atoms with Gasteiger partial charge in [-0.1, -0.05) is 29.4 Å². The maximum absolute atomic E-state index is 13.5. The van der Waals surface area contributed by atoms with Gasteiger partial charge in [0.15, 0.2) is 5.69 Å². The number of halogens is 1. The third-order valence-corrected chi connectivity index (χ3v) is 4.93. The Morgan fingerprint density at radius 3 is 2.83 bits per heavy atom. The number of benzene rings is 2. The normalized spacial score (nSPS) is 15.9. The fourth-order valence-corrected chi connectivity index (χ4v) is 3.39. The highest BCUT2D eigenvalue weighted by molar-refractivity contribution is 5.59. The molecule has 0 radical (unpaired) electrons. The Balaban J connectivity index is 1.39. The van der Waals surface area contributed by atoms with Crippen LogP contribution in [0, 0.1) is 5.82 Å². The van der Waals surface area contributed by atoms with E-state index in [9.17, 15) is 4.39 Å². The molecule has 7 nitrogen and oxygen atoms in total. The van der Waals surface area contributed by atoms with Crippen molar-refractivity contribution in [2.45, 2.75) is 19.3 Å². The molecule has 0 amide bonds. The smallest absolute Gasteiger partial charge is 0.278 e. The summed E-state index contributed by atoms with van der Waals surface area (Å²) in [6, 6.07) is 13.9. The second-order valence-electron chi connectivity index (χ2n) is 6.70. The van der Waals surface area contributed by atoms with Crippen LogP contribution in [0.5, 0.6) is 5.75 Å². The molecule has 4 aromatic rings. The van der Waals surface area contributed by atoms with E-state index in [0.29, 0.717) is 30.2 Å². The summed E-state index contributed by atoms with van der Waals surface area (Å²) in [4.78, 5) is 8.82. The molecule has 3 heterocycles. The summed E-state index contributed by atoms with van der Waals surface area (Å²) < 4.78 is 32.1. The van der Waals surface area contributed by atoms with Crippen LogP contribution in [0.2, 0.25) is 0 Å². The minimum Gasteiger partial charge on any atom is -0.497 e. The molecule has 8 heteroatoms. The Bertz CT molecular complexity index is 1150. The number of aromatic nitrogens is 4. The Morgan fingerprint density at radius 2 is 2.03 bits per heavy atom. The van der Waals surface area contributed by atoms with Gasteiger partial charge in [-0.25, -0.2) is 9.37 Å². The van der Waals surface area contributed by atoms with Crippen LogP contribution in [0.3, 0.4) is 0 Å². The van der Waals surface area contributed by atoms with Crippen LogP contribution in [-0.2, 0) is 17.9 Å². The number of methoxy groups -OCH3 is 1. The number of nitrogens with zero attached hydrogens (tertiary/aromatic N) is 4. The Hall–Kier alpha value is -3.52. The van der Waals surface area contributed by atoms with Crippen molar-refractivity contribution in [3.05, 3.63) is 71.9 Å². The molecule has 0 aliphatic carbocycles. The summed E-state index contributed by atoms with van der Waals surface area (Å²) in [6.45, 7) is 0.989. The average molecular weight is 392 g/mol. The molecule has 1 aliphatic rings. The van der Waals surface area contributed by atoms with E-state index in [-0.39, 0.29) is 17.8 Å². The minimum absolute atomic E-state index is 0.0824. The van der Waals surface area contributed by atoms with Gasteiger partial charge in [0, 0.05) is 5.56 Å². The zero-order chi connectivity index (χ0) is 19.8. The number of rotatable bonds is 4. The maximum atomic E-state index is 13.5. The van der Waals surface area contributed by atoms with Gasteiger partial charge in [-0.05, 0) is 29.8 Å². The van der Waals surface area contributed by atoms with Crippen molar-refractivity contribution in [1.29, 1.82) is 0 Å². The molecule has 0 saturated heterocycles. The highest BCUT2D eigenvalue weighted by atomic mass is 19.1. The average Bonchev–Trinajstić information content (AvgIpc) is 3.40. The Kier molecular flexibility index (Phi) is 4.33. The summed E-state index contributed by atoms with van der Waals surface area (Å²) in [5, 5.41) is 3.96. The lowest BCUT2D eigenvalue weighted by Crippen LogP contribution is -2.20. The lowest BCUT2D eigenvalue weighted by molar-refractivity contribution is 0.00328. The fraction of sp³-hybridized carbons (Fsp3) is 0.190. The van der Waals surface area contributed by atoms with E-state index in [1.54, 1.807) is 25.6 Å². The molecule has 1 atom stereocenters. The standard InChI is InChI=1S/C21H17FN4O3/c1-27-16-7-5-13(6-8-16)18-10-26-12-23-19(17(26)11-28-18)21-24-20(25-29-21)14-3-2-4-15(22)9-14/h2-9,12,18H,10-11H2,1H3/t18-/m1/s1. The van der Waals surface area contributed by atoms with Gasteiger partial charge in [-0.15, -0.1) is 0 Å². The van der Waals surface area contributed by atoms with Gasteiger partial charge in [-0.2, -0.15) is 4.98 Å². The van der Waals surface area contributed by atoms with Gasteiger partial charge in [0.1, 0.15) is 17.7 Å². The zero-order valence-electron chi connectivity index (χ0n) is 15.6. The van der Waals surface area contributed by atoms with Gasteiger partial charge in [0.25, 0.3) is 5.89 Å². The van der Waals surface area contributed by atoms with Crippen LogP contribution in [0.15, 0.2) is 59.4 Å². The van der Waals surface area contributed by atoms with Crippen LogP contribution in [0.1, 0.15) is 17.4 Å². The van der Waals surface area contributed by atoms with Crippen molar-refractivity contribution in [1.82, 2.24) is 19.7 Å². The number of hydrogen-bond acceptors (Lipinski definition) is 6. The topological polar surface area (TPSA) is 75.2 Å². The first-order valence-corrected chi connectivity index (χ1v) is 9.11. The summed E-state index contributed by atoms with van der Waals surface area (Å²) in [5.74, 6) is 1.05. The van der Waals surface area contributed by atoms with Crippen LogP contribution >= 0.6 is 0 Å². The Labute approximate surface area is 165 Å². The van der Waals surface area contributed by atoms with E-state index in [1.165, 1.54) is 12.1 Å². The monoisotopic (exact) mass is 392 g/mol. The maximum Gasteiger partial charge on any atom is 0.278 e. The molecular weight excluding hydrogens is 375 g/mol. The van der Waals surface area contributed by atoms with E-state index in [0.717, 1.165) is 17.0 Å². The lowest BCUT2D eigenvalue weighted by atomic mass is 10.1. The molecular formula is C21H17FN4O3. The van der Waals surface area contributed by atoms with Gasteiger partial charge >= 0.3 is 0 Å². The quantitative estimate of drug-likeness (QED) is 0.522. The number of fused-ring (bicyclic) bond motifs is 1.